The molecule has 5 nitrogen and oxygen atoms in total. The van der Waals surface area contributed by atoms with E-state index < -0.39 is 0 Å². The van der Waals surface area contributed by atoms with E-state index in [9.17, 15) is 4.79 Å². The van der Waals surface area contributed by atoms with Gasteiger partial charge in [0.2, 0.25) is 0 Å². The monoisotopic (exact) mass is 249 g/mol. The summed E-state index contributed by atoms with van der Waals surface area (Å²) in [6, 6.07) is 5.81. The molecule has 2 rings (SSSR count). The fourth-order valence-electron chi connectivity index (χ4n) is 1.94. The maximum absolute atomic E-state index is 11.9. The number of benzene rings is 1. The Morgan fingerprint density at radius 2 is 2.33 bits per heavy atom. The molecule has 1 amide bonds. The van der Waals surface area contributed by atoms with Crippen LogP contribution in [0.5, 0.6) is 5.75 Å². The minimum absolute atomic E-state index is 0.0172. The smallest absolute Gasteiger partial charge is 0.265 e. The van der Waals surface area contributed by atoms with Crippen molar-refractivity contribution >= 4 is 17.3 Å². The first-order chi connectivity index (χ1) is 8.61. The lowest BCUT2D eigenvalue weighted by Gasteiger charge is -2.30. The second-order valence-electron chi connectivity index (χ2n) is 4.53. The van der Waals surface area contributed by atoms with Crippen molar-refractivity contribution < 1.29 is 9.53 Å². The Morgan fingerprint density at radius 1 is 1.56 bits per heavy atom. The standard InChI is InChI=1S/C13H19N3O2/c1-9(14)5-6-16-11-7-10(15-2)3-4-12(11)18-8-13(16)17/h3-4,7,9,15H,5-6,8,14H2,1-2H3. The summed E-state index contributed by atoms with van der Waals surface area (Å²) in [5, 5.41) is 3.06. The number of fused-ring (bicyclic) bond motifs is 1. The molecule has 1 aliphatic heterocycles. The second-order valence-corrected chi connectivity index (χ2v) is 4.53. The number of anilines is 2. The van der Waals surface area contributed by atoms with E-state index in [1.165, 1.54) is 0 Å². The van der Waals surface area contributed by atoms with E-state index in [0.29, 0.717) is 6.54 Å². The predicted octanol–water partition coefficient (Wildman–Crippen LogP) is 1.19. The van der Waals surface area contributed by atoms with E-state index >= 15 is 0 Å². The summed E-state index contributed by atoms with van der Waals surface area (Å²) in [5.41, 5.74) is 7.52. The van der Waals surface area contributed by atoms with Crippen LogP contribution in [0.4, 0.5) is 11.4 Å². The number of nitrogens with two attached hydrogens (primary N) is 1. The fraction of sp³-hybridized carbons (Fsp3) is 0.462. The first-order valence-electron chi connectivity index (χ1n) is 6.12. The maximum atomic E-state index is 11.9. The number of carbonyl (C=O) groups is 1. The first kappa shape index (κ1) is 12.7. The average molecular weight is 249 g/mol. The average Bonchev–Trinajstić information content (AvgIpc) is 2.36. The normalized spacial score (nSPS) is 15.9. The molecule has 1 atom stereocenters. The Balaban J connectivity index is 2.27. The van der Waals surface area contributed by atoms with E-state index in [1.54, 1.807) is 4.90 Å². The van der Waals surface area contributed by atoms with Gasteiger partial charge in [-0.05, 0) is 31.5 Å². The van der Waals surface area contributed by atoms with Gasteiger partial charge < -0.3 is 20.7 Å². The molecule has 98 valence electrons. The zero-order chi connectivity index (χ0) is 13.1. The van der Waals surface area contributed by atoms with Crippen molar-refractivity contribution in [2.45, 2.75) is 19.4 Å². The third-order valence-corrected chi connectivity index (χ3v) is 3.00. The quantitative estimate of drug-likeness (QED) is 0.841. The summed E-state index contributed by atoms with van der Waals surface area (Å²) < 4.78 is 5.42. The predicted molar refractivity (Wildman–Crippen MR) is 72.1 cm³/mol. The number of hydrogen-bond donors (Lipinski definition) is 2. The van der Waals surface area contributed by atoms with Gasteiger partial charge in [-0.1, -0.05) is 0 Å². The van der Waals surface area contributed by atoms with Gasteiger partial charge in [-0.2, -0.15) is 0 Å². The molecule has 1 heterocycles. The van der Waals surface area contributed by atoms with Crippen LogP contribution in [0.15, 0.2) is 18.2 Å². The highest BCUT2D eigenvalue weighted by Crippen LogP contribution is 2.34. The number of nitrogens with one attached hydrogen (secondary N) is 1. The summed E-state index contributed by atoms with van der Waals surface area (Å²) in [6.45, 7) is 2.67. The summed E-state index contributed by atoms with van der Waals surface area (Å²) >= 11 is 0. The van der Waals surface area contributed by atoms with Crippen LogP contribution in [0, 0.1) is 0 Å². The molecule has 1 unspecified atom stereocenters. The van der Waals surface area contributed by atoms with Gasteiger partial charge in [0.15, 0.2) is 6.61 Å². The summed E-state index contributed by atoms with van der Waals surface area (Å²) in [7, 11) is 1.85. The Bertz CT molecular complexity index is 446. The van der Waals surface area contributed by atoms with E-state index in [4.69, 9.17) is 10.5 Å². The van der Waals surface area contributed by atoms with Gasteiger partial charge in [-0.3, -0.25) is 4.79 Å². The molecule has 5 heteroatoms. The minimum atomic E-state index is -0.0172. The molecular weight excluding hydrogens is 230 g/mol. The topological polar surface area (TPSA) is 67.6 Å². The molecule has 0 aliphatic carbocycles. The van der Waals surface area contributed by atoms with Crippen LogP contribution in [-0.4, -0.2) is 32.1 Å². The Morgan fingerprint density at radius 3 is 3.00 bits per heavy atom. The number of nitrogens with zero attached hydrogens (tertiary/aromatic N) is 1. The molecule has 3 N–H and O–H groups in total. The Hall–Kier alpha value is -1.75. The SMILES string of the molecule is CNc1ccc2c(c1)N(CCC(C)N)C(=O)CO2. The largest absolute Gasteiger partial charge is 0.482 e. The molecule has 0 saturated heterocycles. The van der Waals surface area contributed by atoms with Gasteiger partial charge in [0.05, 0.1) is 5.69 Å². The van der Waals surface area contributed by atoms with E-state index in [-0.39, 0.29) is 18.6 Å². The summed E-state index contributed by atoms with van der Waals surface area (Å²) in [5.74, 6) is 0.731. The number of ether oxygens (including phenoxy) is 1. The van der Waals surface area contributed by atoms with Crippen molar-refractivity contribution in [3.05, 3.63) is 18.2 Å². The zero-order valence-electron chi connectivity index (χ0n) is 10.8. The van der Waals surface area contributed by atoms with Crippen LogP contribution in [0.3, 0.4) is 0 Å². The zero-order valence-corrected chi connectivity index (χ0v) is 10.8. The van der Waals surface area contributed by atoms with Crippen molar-refractivity contribution in [1.82, 2.24) is 0 Å². The van der Waals surface area contributed by atoms with Gasteiger partial charge >= 0.3 is 0 Å². The van der Waals surface area contributed by atoms with Crippen molar-refractivity contribution in [3.63, 3.8) is 0 Å². The number of carbonyl (C=O) groups excluding carboxylic acids is 1. The van der Waals surface area contributed by atoms with Gasteiger partial charge in [0.25, 0.3) is 5.91 Å². The lowest BCUT2D eigenvalue weighted by Crippen LogP contribution is -2.40. The van der Waals surface area contributed by atoms with Gasteiger partial charge in [0, 0.05) is 25.3 Å². The molecule has 0 aromatic heterocycles. The highest BCUT2D eigenvalue weighted by atomic mass is 16.5. The molecule has 0 saturated carbocycles. The van der Waals surface area contributed by atoms with Crippen LogP contribution in [0.2, 0.25) is 0 Å². The maximum Gasteiger partial charge on any atom is 0.265 e. The third-order valence-electron chi connectivity index (χ3n) is 3.00. The molecule has 1 aliphatic rings. The molecule has 0 spiro atoms. The van der Waals surface area contributed by atoms with Crippen molar-refractivity contribution in [3.8, 4) is 5.75 Å². The number of rotatable bonds is 4. The molecule has 0 radical (unpaired) electrons. The van der Waals surface area contributed by atoms with Gasteiger partial charge in [-0.15, -0.1) is 0 Å². The molecule has 18 heavy (non-hydrogen) atoms. The number of hydrogen-bond acceptors (Lipinski definition) is 4. The van der Waals surface area contributed by atoms with Crippen molar-refractivity contribution in [2.24, 2.45) is 5.73 Å². The molecule has 0 fully saturated rings. The first-order valence-corrected chi connectivity index (χ1v) is 6.12. The van der Waals surface area contributed by atoms with E-state index in [0.717, 1.165) is 23.5 Å². The molecular formula is C13H19N3O2. The third kappa shape index (κ3) is 2.56. The van der Waals surface area contributed by atoms with Gasteiger partial charge in [-0.25, -0.2) is 0 Å². The Kier molecular flexibility index (Phi) is 3.72. The van der Waals surface area contributed by atoms with E-state index in [1.807, 2.05) is 32.2 Å². The van der Waals surface area contributed by atoms with Crippen molar-refractivity contribution in [2.75, 3.05) is 30.4 Å². The summed E-state index contributed by atoms with van der Waals surface area (Å²) in [4.78, 5) is 13.7. The Labute approximate surface area is 107 Å². The van der Waals surface area contributed by atoms with Crippen LogP contribution in [0.25, 0.3) is 0 Å². The molecule has 0 bridgehead atoms. The van der Waals surface area contributed by atoms with E-state index in [2.05, 4.69) is 5.32 Å². The molecule has 1 aromatic carbocycles. The van der Waals surface area contributed by atoms with Crippen LogP contribution in [-0.2, 0) is 4.79 Å². The fourth-order valence-corrected chi connectivity index (χ4v) is 1.94. The minimum Gasteiger partial charge on any atom is -0.482 e. The lowest BCUT2D eigenvalue weighted by molar-refractivity contribution is -0.121. The van der Waals surface area contributed by atoms with Gasteiger partial charge in [0.1, 0.15) is 5.75 Å². The summed E-state index contributed by atoms with van der Waals surface area (Å²) in [6.07, 6.45) is 0.773. The lowest BCUT2D eigenvalue weighted by atomic mass is 10.1. The second kappa shape index (κ2) is 5.27. The van der Waals surface area contributed by atoms with Crippen LogP contribution >= 0.6 is 0 Å². The number of amides is 1. The highest BCUT2D eigenvalue weighted by Gasteiger charge is 2.25. The van der Waals surface area contributed by atoms with Crippen molar-refractivity contribution in [1.29, 1.82) is 0 Å². The van der Waals surface area contributed by atoms with Crippen LogP contribution in [0.1, 0.15) is 13.3 Å². The highest BCUT2D eigenvalue weighted by molar-refractivity contribution is 5.98. The molecule has 1 aromatic rings. The van der Waals surface area contributed by atoms with Crippen LogP contribution < -0.4 is 20.7 Å².